The summed E-state index contributed by atoms with van der Waals surface area (Å²) in [6.07, 6.45) is 2.79. The van der Waals surface area contributed by atoms with Crippen LogP contribution in [0.15, 0.2) is 0 Å². The highest BCUT2D eigenvalue weighted by molar-refractivity contribution is 5.84. The van der Waals surface area contributed by atoms with Crippen molar-refractivity contribution in [3.05, 3.63) is 0 Å². The van der Waals surface area contributed by atoms with Crippen molar-refractivity contribution in [2.45, 2.75) is 26.2 Å². The maximum Gasteiger partial charge on any atom is 0.237 e. The molecule has 0 unspecified atom stereocenters. The van der Waals surface area contributed by atoms with Gasteiger partial charge in [0.05, 0.1) is 13.1 Å². The molecule has 0 atom stereocenters. The van der Waals surface area contributed by atoms with Gasteiger partial charge in [-0.1, -0.05) is 13.3 Å². The Morgan fingerprint density at radius 1 is 1.29 bits per heavy atom. The highest BCUT2D eigenvalue weighted by Gasteiger charge is 2.14. The summed E-state index contributed by atoms with van der Waals surface area (Å²) in [5.41, 5.74) is 10.5. The van der Waals surface area contributed by atoms with Crippen LogP contribution in [-0.2, 0) is 9.59 Å². The Hall–Kier alpha value is -1.14. The van der Waals surface area contributed by atoms with Crippen LogP contribution in [0.25, 0.3) is 0 Å². The molecule has 5 N–H and O–H groups in total. The number of nitrogens with zero attached hydrogens (tertiary/aromatic N) is 1. The molecule has 0 aliphatic heterocycles. The third-order valence-electron chi connectivity index (χ3n) is 2.31. The lowest BCUT2D eigenvalue weighted by molar-refractivity contribution is -0.134. The van der Waals surface area contributed by atoms with Crippen LogP contribution >= 0.6 is 0 Å². The lowest BCUT2D eigenvalue weighted by atomic mass is 10.3. The zero-order valence-corrected chi connectivity index (χ0v) is 10.6. The minimum absolute atomic E-state index is 0.0334. The van der Waals surface area contributed by atoms with Crippen LogP contribution in [0.3, 0.4) is 0 Å². The van der Waals surface area contributed by atoms with E-state index in [-0.39, 0.29) is 19.0 Å². The van der Waals surface area contributed by atoms with Crippen LogP contribution < -0.4 is 16.8 Å². The molecule has 0 spiro atoms. The van der Waals surface area contributed by atoms with Crippen molar-refractivity contribution >= 4 is 11.8 Å². The lowest BCUT2D eigenvalue weighted by Gasteiger charge is -2.21. The van der Waals surface area contributed by atoms with Gasteiger partial charge in [0.15, 0.2) is 0 Å². The molecule has 100 valence electrons. The Morgan fingerprint density at radius 2 is 2.00 bits per heavy atom. The average molecular weight is 244 g/mol. The molecule has 0 aliphatic carbocycles. The molecule has 0 saturated carbocycles. The van der Waals surface area contributed by atoms with Crippen LogP contribution in [0.1, 0.15) is 26.2 Å². The van der Waals surface area contributed by atoms with Crippen LogP contribution in [0.2, 0.25) is 0 Å². The van der Waals surface area contributed by atoms with E-state index in [2.05, 4.69) is 12.2 Å². The Labute approximate surface area is 103 Å². The SMILES string of the molecule is CCCCNCC(=O)N(CCCN)CC(N)=O. The number of primary amides is 1. The Kier molecular flexibility index (Phi) is 9.37. The van der Waals surface area contributed by atoms with Crippen molar-refractivity contribution in [2.75, 3.05) is 32.7 Å². The molecular formula is C11H24N4O2. The fourth-order valence-electron chi connectivity index (χ4n) is 1.37. The quantitative estimate of drug-likeness (QED) is 0.431. The van der Waals surface area contributed by atoms with Crippen molar-refractivity contribution in [3.8, 4) is 0 Å². The van der Waals surface area contributed by atoms with E-state index in [4.69, 9.17) is 11.5 Å². The molecule has 0 aliphatic rings. The predicted octanol–water partition coefficient (Wildman–Crippen LogP) is -0.961. The summed E-state index contributed by atoms with van der Waals surface area (Å²) in [5, 5.41) is 3.04. The number of hydrogen-bond donors (Lipinski definition) is 3. The van der Waals surface area contributed by atoms with E-state index in [9.17, 15) is 9.59 Å². The Balaban J connectivity index is 3.98. The van der Waals surface area contributed by atoms with Gasteiger partial charge in [-0.3, -0.25) is 9.59 Å². The van der Waals surface area contributed by atoms with Crippen molar-refractivity contribution < 1.29 is 9.59 Å². The largest absolute Gasteiger partial charge is 0.368 e. The van der Waals surface area contributed by atoms with E-state index in [0.29, 0.717) is 19.5 Å². The van der Waals surface area contributed by atoms with E-state index in [1.807, 2.05) is 0 Å². The van der Waals surface area contributed by atoms with Crippen molar-refractivity contribution in [1.82, 2.24) is 10.2 Å². The summed E-state index contributed by atoms with van der Waals surface area (Å²) >= 11 is 0. The second-order valence-electron chi connectivity index (χ2n) is 3.95. The van der Waals surface area contributed by atoms with Gasteiger partial charge < -0.3 is 21.7 Å². The molecule has 2 amide bonds. The van der Waals surface area contributed by atoms with Gasteiger partial charge in [0.2, 0.25) is 11.8 Å². The number of carbonyl (C=O) groups excluding carboxylic acids is 2. The fourth-order valence-corrected chi connectivity index (χ4v) is 1.37. The second kappa shape index (κ2) is 10.0. The average Bonchev–Trinajstić information content (AvgIpc) is 2.29. The standard InChI is InChI=1S/C11H24N4O2/c1-2-3-6-14-8-11(17)15(7-4-5-12)9-10(13)16/h14H,2-9,12H2,1H3,(H2,13,16). The number of amides is 2. The number of hydrogen-bond acceptors (Lipinski definition) is 4. The Bertz CT molecular complexity index is 234. The molecule has 0 fully saturated rings. The minimum atomic E-state index is -0.496. The molecule has 6 heteroatoms. The van der Waals surface area contributed by atoms with Crippen LogP contribution in [0, 0.1) is 0 Å². The molecule has 17 heavy (non-hydrogen) atoms. The first-order chi connectivity index (χ1) is 8.11. The first kappa shape index (κ1) is 15.9. The summed E-state index contributed by atoms with van der Waals surface area (Å²) in [5.74, 6) is -0.600. The third kappa shape index (κ3) is 8.65. The number of unbranched alkanes of at least 4 members (excludes halogenated alkanes) is 1. The number of rotatable bonds is 10. The summed E-state index contributed by atoms with van der Waals surface area (Å²) in [7, 11) is 0. The first-order valence-electron chi connectivity index (χ1n) is 6.08. The van der Waals surface area contributed by atoms with Gasteiger partial charge in [0.1, 0.15) is 0 Å². The van der Waals surface area contributed by atoms with Crippen LogP contribution in [0.4, 0.5) is 0 Å². The zero-order valence-electron chi connectivity index (χ0n) is 10.6. The Morgan fingerprint density at radius 3 is 2.53 bits per heavy atom. The molecule has 6 nitrogen and oxygen atoms in total. The number of nitrogens with one attached hydrogen (secondary N) is 1. The van der Waals surface area contributed by atoms with Gasteiger partial charge in [-0.2, -0.15) is 0 Å². The number of carbonyl (C=O) groups is 2. The van der Waals surface area contributed by atoms with Crippen LogP contribution in [-0.4, -0.2) is 49.4 Å². The van der Waals surface area contributed by atoms with Gasteiger partial charge in [0, 0.05) is 6.54 Å². The topological polar surface area (TPSA) is 101 Å². The van der Waals surface area contributed by atoms with Crippen molar-refractivity contribution in [2.24, 2.45) is 11.5 Å². The van der Waals surface area contributed by atoms with Gasteiger partial charge >= 0.3 is 0 Å². The van der Waals surface area contributed by atoms with Crippen LogP contribution in [0.5, 0.6) is 0 Å². The predicted molar refractivity (Wildman–Crippen MR) is 67.2 cm³/mol. The molecule has 0 aromatic rings. The third-order valence-corrected chi connectivity index (χ3v) is 2.31. The normalized spacial score (nSPS) is 10.2. The number of nitrogens with two attached hydrogens (primary N) is 2. The fraction of sp³-hybridized carbons (Fsp3) is 0.818. The lowest BCUT2D eigenvalue weighted by Crippen LogP contribution is -2.43. The van der Waals surface area contributed by atoms with Gasteiger partial charge in [-0.15, -0.1) is 0 Å². The highest BCUT2D eigenvalue weighted by atomic mass is 16.2. The van der Waals surface area contributed by atoms with Gasteiger partial charge in [-0.25, -0.2) is 0 Å². The molecule has 0 heterocycles. The van der Waals surface area contributed by atoms with Crippen molar-refractivity contribution in [3.63, 3.8) is 0 Å². The molecule has 0 rings (SSSR count). The summed E-state index contributed by atoms with van der Waals surface area (Å²) in [6, 6.07) is 0. The van der Waals surface area contributed by atoms with E-state index in [1.54, 1.807) is 0 Å². The molecule has 0 aromatic carbocycles. The maximum absolute atomic E-state index is 11.8. The van der Waals surface area contributed by atoms with Crippen molar-refractivity contribution in [1.29, 1.82) is 0 Å². The van der Waals surface area contributed by atoms with E-state index in [0.717, 1.165) is 19.4 Å². The molecule has 0 radical (unpaired) electrons. The van der Waals surface area contributed by atoms with E-state index in [1.165, 1.54) is 4.90 Å². The second-order valence-corrected chi connectivity index (χ2v) is 3.95. The monoisotopic (exact) mass is 244 g/mol. The zero-order chi connectivity index (χ0) is 13.1. The molecule has 0 bridgehead atoms. The molecule has 0 aromatic heterocycles. The smallest absolute Gasteiger partial charge is 0.237 e. The molecular weight excluding hydrogens is 220 g/mol. The molecule has 0 saturated heterocycles. The van der Waals surface area contributed by atoms with E-state index >= 15 is 0 Å². The first-order valence-corrected chi connectivity index (χ1v) is 6.08. The summed E-state index contributed by atoms with van der Waals surface area (Å²) in [6.45, 7) is 4.08. The maximum atomic E-state index is 11.8. The van der Waals surface area contributed by atoms with Gasteiger partial charge in [0.25, 0.3) is 0 Å². The van der Waals surface area contributed by atoms with E-state index < -0.39 is 5.91 Å². The summed E-state index contributed by atoms with van der Waals surface area (Å²) in [4.78, 5) is 24.0. The minimum Gasteiger partial charge on any atom is -0.368 e. The summed E-state index contributed by atoms with van der Waals surface area (Å²) < 4.78 is 0. The highest BCUT2D eigenvalue weighted by Crippen LogP contribution is 1.92. The van der Waals surface area contributed by atoms with Gasteiger partial charge in [-0.05, 0) is 25.9 Å².